The number of halogens is 1. The van der Waals surface area contributed by atoms with Gasteiger partial charge in [-0.15, -0.1) is 11.6 Å². The SMILES string of the molecule is Cc1nn(-c2ccccc2)c(N2CCCC(C)C2)c1CCl. The van der Waals surface area contributed by atoms with Gasteiger partial charge in [0.2, 0.25) is 0 Å². The Balaban J connectivity index is 2.08. The first-order valence-electron chi connectivity index (χ1n) is 7.65. The molecule has 4 heteroatoms. The van der Waals surface area contributed by atoms with Crippen molar-refractivity contribution in [1.82, 2.24) is 9.78 Å². The maximum atomic E-state index is 6.21. The van der Waals surface area contributed by atoms with Crippen LogP contribution in [0.2, 0.25) is 0 Å². The van der Waals surface area contributed by atoms with Crippen LogP contribution in [0, 0.1) is 12.8 Å². The number of piperidine rings is 1. The lowest BCUT2D eigenvalue weighted by molar-refractivity contribution is 0.442. The van der Waals surface area contributed by atoms with Gasteiger partial charge in [0, 0.05) is 18.7 Å². The summed E-state index contributed by atoms with van der Waals surface area (Å²) in [5.41, 5.74) is 3.29. The Labute approximate surface area is 131 Å². The van der Waals surface area contributed by atoms with Gasteiger partial charge in [-0.05, 0) is 37.8 Å². The van der Waals surface area contributed by atoms with Crippen LogP contribution in [0.4, 0.5) is 5.82 Å². The first kappa shape index (κ1) is 14.5. The molecule has 1 aliphatic rings. The minimum atomic E-state index is 0.513. The summed E-state index contributed by atoms with van der Waals surface area (Å²) in [4.78, 5) is 2.46. The molecule has 3 nitrogen and oxygen atoms in total. The normalized spacial score (nSPS) is 19.0. The van der Waals surface area contributed by atoms with Crippen LogP contribution >= 0.6 is 11.6 Å². The van der Waals surface area contributed by atoms with Crippen molar-refractivity contribution >= 4 is 17.4 Å². The molecule has 0 aliphatic carbocycles. The fraction of sp³-hybridized carbons (Fsp3) is 0.471. The Morgan fingerprint density at radius 2 is 2.05 bits per heavy atom. The highest BCUT2D eigenvalue weighted by Gasteiger charge is 2.25. The predicted molar refractivity (Wildman–Crippen MR) is 88.5 cm³/mol. The van der Waals surface area contributed by atoms with Gasteiger partial charge in [0.15, 0.2) is 0 Å². The maximum absolute atomic E-state index is 6.21. The molecule has 0 radical (unpaired) electrons. The molecule has 1 atom stereocenters. The van der Waals surface area contributed by atoms with E-state index < -0.39 is 0 Å². The zero-order valence-electron chi connectivity index (χ0n) is 12.7. The predicted octanol–water partition coefficient (Wildman–Crippen LogP) is 4.16. The van der Waals surface area contributed by atoms with Crippen molar-refractivity contribution in [3.63, 3.8) is 0 Å². The van der Waals surface area contributed by atoms with Crippen molar-refractivity contribution < 1.29 is 0 Å². The number of para-hydroxylation sites is 1. The van der Waals surface area contributed by atoms with Crippen molar-refractivity contribution in [2.45, 2.75) is 32.6 Å². The number of nitrogens with zero attached hydrogens (tertiary/aromatic N) is 3. The van der Waals surface area contributed by atoms with Crippen LogP contribution in [0.25, 0.3) is 5.69 Å². The number of anilines is 1. The third-order valence-electron chi connectivity index (χ3n) is 4.25. The van der Waals surface area contributed by atoms with E-state index in [2.05, 4.69) is 40.8 Å². The minimum absolute atomic E-state index is 0.513. The number of hydrogen-bond acceptors (Lipinski definition) is 2. The van der Waals surface area contributed by atoms with Gasteiger partial charge in [0.1, 0.15) is 5.82 Å². The Bertz CT molecular complexity index is 606. The van der Waals surface area contributed by atoms with Gasteiger partial charge in [0.25, 0.3) is 0 Å². The summed E-state index contributed by atoms with van der Waals surface area (Å²) >= 11 is 6.21. The van der Waals surface area contributed by atoms with E-state index in [-0.39, 0.29) is 0 Å². The van der Waals surface area contributed by atoms with Gasteiger partial charge in [-0.25, -0.2) is 4.68 Å². The van der Waals surface area contributed by atoms with E-state index in [4.69, 9.17) is 16.7 Å². The third-order valence-corrected chi connectivity index (χ3v) is 4.52. The molecule has 1 aromatic heterocycles. The summed E-state index contributed by atoms with van der Waals surface area (Å²) in [7, 11) is 0. The molecule has 0 spiro atoms. The number of aromatic nitrogens is 2. The van der Waals surface area contributed by atoms with Gasteiger partial charge >= 0.3 is 0 Å². The summed E-state index contributed by atoms with van der Waals surface area (Å²) in [5, 5.41) is 4.74. The molecule has 0 N–H and O–H groups in total. The molecule has 2 heterocycles. The Kier molecular flexibility index (Phi) is 4.20. The van der Waals surface area contributed by atoms with Gasteiger partial charge in [-0.3, -0.25) is 0 Å². The van der Waals surface area contributed by atoms with E-state index in [9.17, 15) is 0 Å². The largest absolute Gasteiger partial charge is 0.356 e. The molecule has 1 aliphatic heterocycles. The second-order valence-corrected chi connectivity index (χ2v) is 6.23. The topological polar surface area (TPSA) is 21.1 Å². The summed E-state index contributed by atoms with van der Waals surface area (Å²) < 4.78 is 2.06. The number of rotatable bonds is 3. The summed E-state index contributed by atoms with van der Waals surface area (Å²) in [6.45, 7) is 6.55. The van der Waals surface area contributed by atoms with E-state index in [0.29, 0.717) is 5.88 Å². The molecule has 1 saturated heterocycles. The van der Waals surface area contributed by atoms with Crippen molar-refractivity contribution in [1.29, 1.82) is 0 Å². The number of aryl methyl sites for hydroxylation is 1. The molecule has 112 valence electrons. The molecule has 2 aromatic rings. The van der Waals surface area contributed by atoms with E-state index in [1.165, 1.54) is 18.7 Å². The van der Waals surface area contributed by atoms with E-state index in [0.717, 1.165) is 36.0 Å². The lowest BCUT2D eigenvalue weighted by Crippen LogP contribution is -2.36. The quantitative estimate of drug-likeness (QED) is 0.794. The van der Waals surface area contributed by atoms with Gasteiger partial charge in [-0.1, -0.05) is 25.1 Å². The molecule has 1 fully saturated rings. The summed E-state index contributed by atoms with van der Waals surface area (Å²) in [5.74, 6) is 2.42. The fourth-order valence-electron chi connectivity index (χ4n) is 3.16. The second kappa shape index (κ2) is 6.10. The van der Waals surface area contributed by atoms with Crippen molar-refractivity contribution in [2.75, 3.05) is 18.0 Å². The minimum Gasteiger partial charge on any atom is -0.356 e. The molecule has 0 bridgehead atoms. The number of hydrogen-bond donors (Lipinski definition) is 0. The molecular weight excluding hydrogens is 282 g/mol. The molecule has 21 heavy (non-hydrogen) atoms. The number of benzene rings is 1. The second-order valence-electron chi connectivity index (χ2n) is 5.96. The standard InChI is InChI=1S/C17H22ClN3/c1-13-7-6-10-20(12-13)17-16(11-18)14(2)19-21(17)15-8-4-3-5-9-15/h3-5,8-9,13H,6-7,10-12H2,1-2H3. The van der Waals surface area contributed by atoms with Crippen LogP contribution in [0.5, 0.6) is 0 Å². The molecule has 0 saturated carbocycles. The van der Waals surface area contributed by atoms with Crippen molar-refractivity contribution in [3.05, 3.63) is 41.6 Å². The molecule has 1 unspecified atom stereocenters. The maximum Gasteiger partial charge on any atom is 0.137 e. The highest BCUT2D eigenvalue weighted by atomic mass is 35.5. The molecular formula is C17H22ClN3. The van der Waals surface area contributed by atoms with E-state index in [1.807, 2.05) is 13.0 Å². The smallest absolute Gasteiger partial charge is 0.137 e. The van der Waals surface area contributed by atoms with Crippen molar-refractivity contribution in [2.24, 2.45) is 5.92 Å². The average molecular weight is 304 g/mol. The highest BCUT2D eigenvalue weighted by Crippen LogP contribution is 2.31. The van der Waals surface area contributed by atoms with E-state index in [1.54, 1.807) is 0 Å². The Morgan fingerprint density at radius 1 is 1.29 bits per heavy atom. The van der Waals surface area contributed by atoms with Crippen LogP contribution in [0.15, 0.2) is 30.3 Å². The van der Waals surface area contributed by atoms with Crippen LogP contribution in [-0.2, 0) is 5.88 Å². The van der Waals surface area contributed by atoms with Gasteiger partial charge in [-0.2, -0.15) is 5.10 Å². The van der Waals surface area contributed by atoms with Crippen LogP contribution < -0.4 is 4.90 Å². The summed E-state index contributed by atoms with van der Waals surface area (Å²) in [6, 6.07) is 10.3. The Morgan fingerprint density at radius 3 is 2.71 bits per heavy atom. The van der Waals surface area contributed by atoms with Crippen LogP contribution in [0.1, 0.15) is 31.0 Å². The van der Waals surface area contributed by atoms with Gasteiger partial charge < -0.3 is 4.90 Å². The summed E-state index contributed by atoms with van der Waals surface area (Å²) in [6.07, 6.45) is 2.55. The third kappa shape index (κ3) is 2.80. The Hall–Kier alpha value is -1.48. The fourth-order valence-corrected chi connectivity index (χ4v) is 3.47. The van der Waals surface area contributed by atoms with Gasteiger partial charge in [0.05, 0.1) is 17.3 Å². The number of alkyl halides is 1. The highest BCUT2D eigenvalue weighted by molar-refractivity contribution is 6.17. The zero-order valence-corrected chi connectivity index (χ0v) is 13.5. The lowest BCUT2D eigenvalue weighted by Gasteiger charge is -2.33. The first-order chi connectivity index (χ1) is 10.2. The molecule has 0 amide bonds. The van der Waals surface area contributed by atoms with Crippen LogP contribution in [0.3, 0.4) is 0 Å². The monoisotopic (exact) mass is 303 g/mol. The zero-order chi connectivity index (χ0) is 14.8. The van der Waals surface area contributed by atoms with Crippen LogP contribution in [-0.4, -0.2) is 22.9 Å². The first-order valence-corrected chi connectivity index (χ1v) is 8.19. The molecule has 1 aromatic carbocycles. The average Bonchev–Trinajstić information content (AvgIpc) is 2.85. The lowest BCUT2D eigenvalue weighted by atomic mass is 10.00. The van der Waals surface area contributed by atoms with Crippen molar-refractivity contribution in [3.8, 4) is 5.69 Å². The van der Waals surface area contributed by atoms with E-state index >= 15 is 0 Å². The molecule has 3 rings (SSSR count).